The van der Waals surface area contributed by atoms with Crippen molar-refractivity contribution in [2.75, 3.05) is 40.2 Å². The second-order valence-electron chi connectivity index (χ2n) is 8.42. The minimum Gasteiger partial charge on any atom is -0.484 e. The van der Waals surface area contributed by atoms with Crippen molar-refractivity contribution in [3.63, 3.8) is 0 Å². The van der Waals surface area contributed by atoms with Gasteiger partial charge in [-0.05, 0) is 59.8 Å². The average molecular weight is 545 g/mol. The summed E-state index contributed by atoms with van der Waals surface area (Å²) in [6.07, 6.45) is 0.601. The van der Waals surface area contributed by atoms with Crippen molar-refractivity contribution < 1.29 is 28.5 Å². The Kier molecular flexibility index (Phi) is 9.65. The fourth-order valence-electron chi connectivity index (χ4n) is 3.80. The quantitative estimate of drug-likeness (QED) is 0.293. The van der Waals surface area contributed by atoms with Gasteiger partial charge in [0.15, 0.2) is 18.1 Å². The van der Waals surface area contributed by atoms with Gasteiger partial charge in [-0.2, -0.15) is 0 Å². The molecule has 0 aliphatic carbocycles. The lowest BCUT2D eigenvalue weighted by Gasteiger charge is -2.28. The van der Waals surface area contributed by atoms with E-state index in [0.29, 0.717) is 54.9 Å². The van der Waals surface area contributed by atoms with Crippen LogP contribution in [0.15, 0.2) is 60.0 Å². The summed E-state index contributed by atoms with van der Waals surface area (Å²) < 4.78 is 21.7. The zero-order valence-electron chi connectivity index (χ0n) is 20.6. The van der Waals surface area contributed by atoms with E-state index in [2.05, 4.69) is 0 Å². The van der Waals surface area contributed by atoms with E-state index in [0.717, 1.165) is 10.4 Å². The zero-order chi connectivity index (χ0) is 26.0. The minimum atomic E-state index is -0.279. The first kappa shape index (κ1) is 26.8. The third-order valence-corrected chi connectivity index (χ3v) is 6.83. The van der Waals surface area contributed by atoms with Crippen molar-refractivity contribution in [2.24, 2.45) is 0 Å². The summed E-state index contributed by atoms with van der Waals surface area (Å²) in [5.41, 5.74) is 0.914. The van der Waals surface area contributed by atoms with Crippen molar-refractivity contribution >= 4 is 34.8 Å². The Morgan fingerprint density at radius 2 is 1.81 bits per heavy atom. The number of carbonyl (C=O) groups is 2. The number of hydrogen-bond acceptors (Lipinski definition) is 7. The van der Waals surface area contributed by atoms with E-state index in [1.165, 1.54) is 4.90 Å². The zero-order valence-corrected chi connectivity index (χ0v) is 22.1. The number of amides is 2. The van der Waals surface area contributed by atoms with Crippen molar-refractivity contribution in [2.45, 2.75) is 19.5 Å². The predicted molar refractivity (Wildman–Crippen MR) is 141 cm³/mol. The molecule has 37 heavy (non-hydrogen) atoms. The molecule has 10 heteroatoms. The molecule has 0 spiro atoms. The smallest absolute Gasteiger partial charge is 0.260 e. The van der Waals surface area contributed by atoms with Gasteiger partial charge in [-0.25, -0.2) is 0 Å². The highest BCUT2D eigenvalue weighted by atomic mass is 35.5. The molecule has 1 aromatic heterocycles. The Morgan fingerprint density at radius 1 is 1.00 bits per heavy atom. The van der Waals surface area contributed by atoms with Crippen LogP contribution in [0.1, 0.15) is 16.9 Å². The molecule has 4 rings (SSSR count). The van der Waals surface area contributed by atoms with Gasteiger partial charge in [0.25, 0.3) is 5.91 Å². The second kappa shape index (κ2) is 13.3. The highest BCUT2D eigenvalue weighted by molar-refractivity contribution is 7.09. The van der Waals surface area contributed by atoms with Gasteiger partial charge in [0.1, 0.15) is 5.75 Å². The first-order chi connectivity index (χ1) is 18.0. The largest absolute Gasteiger partial charge is 0.484 e. The number of carbonyl (C=O) groups excluding carboxylic acids is 2. The molecule has 2 aromatic carbocycles. The van der Waals surface area contributed by atoms with Gasteiger partial charge in [-0.15, -0.1) is 11.3 Å². The van der Waals surface area contributed by atoms with E-state index in [4.69, 9.17) is 30.5 Å². The topological polar surface area (TPSA) is 77.5 Å². The van der Waals surface area contributed by atoms with Crippen LogP contribution in [0.25, 0.3) is 0 Å². The maximum absolute atomic E-state index is 13.6. The van der Waals surface area contributed by atoms with Crippen molar-refractivity contribution in [3.05, 3.63) is 75.4 Å². The van der Waals surface area contributed by atoms with Crippen LogP contribution in [0.2, 0.25) is 5.02 Å². The second-order valence-corrected chi connectivity index (χ2v) is 9.89. The number of hydrogen-bond donors (Lipinski definition) is 0. The number of methoxy groups -OCH3 is 1. The summed E-state index contributed by atoms with van der Waals surface area (Å²) in [6, 6.07) is 16.4. The Labute approximate surface area is 225 Å². The lowest BCUT2D eigenvalue weighted by atomic mass is 10.2. The molecule has 196 valence electrons. The van der Waals surface area contributed by atoms with Gasteiger partial charge in [-0.1, -0.05) is 23.7 Å². The van der Waals surface area contributed by atoms with Crippen LogP contribution in [0, 0.1) is 0 Å². The Morgan fingerprint density at radius 3 is 2.57 bits per heavy atom. The van der Waals surface area contributed by atoms with E-state index in [9.17, 15) is 9.59 Å². The van der Waals surface area contributed by atoms with Gasteiger partial charge >= 0.3 is 0 Å². The van der Waals surface area contributed by atoms with Crippen molar-refractivity contribution in [3.8, 4) is 17.2 Å². The van der Waals surface area contributed by atoms with Crippen LogP contribution in [0.5, 0.6) is 17.2 Å². The monoisotopic (exact) mass is 544 g/mol. The third-order valence-electron chi connectivity index (χ3n) is 5.72. The molecular weight excluding hydrogens is 516 g/mol. The molecule has 2 heterocycles. The molecule has 0 saturated heterocycles. The van der Waals surface area contributed by atoms with Crippen LogP contribution in [0.4, 0.5) is 0 Å². The molecule has 0 fully saturated rings. The molecular formula is C27H29ClN2O6S. The summed E-state index contributed by atoms with van der Waals surface area (Å²) in [7, 11) is 1.61. The fourth-order valence-corrected chi connectivity index (χ4v) is 4.65. The van der Waals surface area contributed by atoms with E-state index in [1.807, 2.05) is 35.7 Å². The standard InChI is InChI=1S/C27H29ClN2O6S/c1-33-12-3-11-29(27(32)18-34-22-8-6-21(28)7-9-22)17-26(31)30(16-23-4-2-13-37-23)15-20-5-10-24-25(14-20)36-19-35-24/h2,4-10,13-14H,3,11-12,15-19H2,1H3. The first-order valence-electron chi connectivity index (χ1n) is 11.9. The van der Waals surface area contributed by atoms with Crippen LogP contribution in [0.3, 0.4) is 0 Å². The Hall–Kier alpha value is -3.27. The highest BCUT2D eigenvalue weighted by Crippen LogP contribution is 2.33. The summed E-state index contributed by atoms with van der Waals surface area (Å²) in [6.45, 7) is 1.59. The SMILES string of the molecule is COCCCN(CC(=O)N(Cc1ccc2c(c1)OCO2)Cc1cccs1)C(=O)COc1ccc(Cl)cc1. The van der Waals surface area contributed by atoms with E-state index < -0.39 is 0 Å². The molecule has 0 bridgehead atoms. The fraction of sp³-hybridized carbons (Fsp3) is 0.333. The molecule has 3 aromatic rings. The van der Waals surface area contributed by atoms with Crippen LogP contribution in [-0.4, -0.2) is 61.8 Å². The molecule has 2 amide bonds. The Balaban J connectivity index is 1.45. The van der Waals surface area contributed by atoms with Crippen LogP contribution < -0.4 is 14.2 Å². The molecule has 8 nitrogen and oxygen atoms in total. The maximum Gasteiger partial charge on any atom is 0.260 e. The van der Waals surface area contributed by atoms with E-state index in [1.54, 1.807) is 47.6 Å². The minimum absolute atomic E-state index is 0.0670. The van der Waals surface area contributed by atoms with Gasteiger partial charge in [0.05, 0.1) is 13.1 Å². The summed E-state index contributed by atoms with van der Waals surface area (Å²) in [5.74, 6) is 1.44. The van der Waals surface area contributed by atoms with Crippen molar-refractivity contribution in [1.82, 2.24) is 9.80 Å². The number of fused-ring (bicyclic) bond motifs is 1. The normalized spacial score (nSPS) is 11.8. The molecule has 1 aliphatic heterocycles. The molecule has 0 unspecified atom stereocenters. The van der Waals surface area contributed by atoms with E-state index in [-0.39, 0.29) is 31.8 Å². The van der Waals surface area contributed by atoms with Gasteiger partial charge in [0.2, 0.25) is 12.7 Å². The summed E-state index contributed by atoms with van der Waals surface area (Å²) >= 11 is 7.50. The predicted octanol–water partition coefficient (Wildman–Crippen LogP) is 4.60. The number of rotatable bonds is 13. The number of benzene rings is 2. The average Bonchev–Trinajstić information content (AvgIpc) is 3.59. The Bertz CT molecular complexity index is 1170. The number of halogens is 1. The van der Waals surface area contributed by atoms with Crippen LogP contribution >= 0.6 is 22.9 Å². The molecule has 0 radical (unpaired) electrons. The number of nitrogens with zero attached hydrogens (tertiary/aromatic N) is 2. The molecule has 0 N–H and O–H groups in total. The summed E-state index contributed by atoms with van der Waals surface area (Å²) in [4.78, 5) is 31.0. The molecule has 0 atom stereocenters. The highest BCUT2D eigenvalue weighted by Gasteiger charge is 2.23. The van der Waals surface area contributed by atoms with E-state index >= 15 is 0 Å². The maximum atomic E-state index is 13.6. The lowest BCUT2D eigenvalue weighted by molar-refractivity contribution is -0.142. The molecule has 1 aliphatic rings. The first-order valence-corrected chi connectivity index (χ1v) is 13.1. The van der Waals surface area contributed by atoms with Gasteiger partial charge < -0.3 is 28.7 Å². The van der Waals surface area contributed by atoms with Gasteiger partial charge in [0, 0.05) is 36.7 Å². The van der Waals surface area contributed by atoms with Crippen LogP contribution in [-0.2, 0) is 27.4 Å². The molecule has 0 saturated carbocycles. The number of ether oxygens (including phenoxy) is 4. The number of thiophene rings is 1. The summed E-state index contributed by atoms with van der Waals surface area (Å²) in [5, 5.41) is 2.56. The van der Waals surface area contributed by atoms with Crippen molar-refractivity contribution in [1.29, 1.82) is 0 Å². The third kappa shape index (κ3) is 7.85. The lowest BCUT2D eigenvalue weighted by Crippen LogP contribution is -2.44. The van der Waals surface area contributed by atoms with Gasteiger partial charge in [-0.3, -0.25) is 9.59 Å².